The fourth-order valence-corrected chi connectivity index (χ4v) is 3.59. The first kappa shape index (κ1) is 16.7. The molecule has 0 aromatic heterocycles. The molecule has 0 radical (unpaired) electrons. The highest BCUT2D eigenvalue weighted by Crippen LogP contribution is 2.36. The molecule has 0 heterocycles. The van der Waals surface area contributed by atoms with Crippen LogP contribution < -0.4 is 10.0 Å². The van der Waals surface area contributed by atoms with Gasteiger partial charge < -0.3 is 5.32 Å². The van der Waals surface area contributed by atoms with Crippen LogP contribution in [0.1, 0.15) is 39.2 Å². The first-order valence-corrected chi connectivity index (χ1v) is 8.74. The molecule has 0 spiro atoms. The van der Waals surface area contributed by atoms with Crippen molar-refractivity contribution >= 4 is 21.6 Å². The van der Waals surface area contributed by atoms with E-state index in [9.17, 15) is 12.8 Å². The van der Waals surface area contributed by atoms with Gasteiger partial charge in [0.1, 0.15) is 5.82 Å². The van der Waals surface area contributed by atoms with Gasteiger partial charge in [0.15, 0.2) is 0 Å². The molecule has 118 valence electrons. The average Bonchev–Trinajstić information content (AvgIpc) is 3.07. The molecule has 1 aliphatic rings. The lowest BCUT2D eigenvalue weighted by atomic mass is 10.2. The zero-order valence-corrected chi connectivity index (χ0v) is 13.9. The van der Waals surface area contributed by atoms with E-state index in [0.29, 0.717) is 12.1 Å². The van der Waals surface area contributed by atoms with E-state index in [0.717, 1.165) is 18.9 Å². The van der Waals surface area contributed by atoms with Crippen LogP contribution in [0.25, 0.3) is 0 Å². The molecule has 0 unspecified atom stereocenters. The molecule has 4 nitrogen and oxygen atoms in total. The lowest BCUT2D eigenvalue weighted by molar-refractivity contribution is 0.553. The van der Waals surface area contributed by atoms with Crippen LogP contribution >= 0.6 is 11.6 Å². The lowest BCUT2D eigenvalue weighted by Crippen LogP contribution is -2.34. The van der Waals surface area contributed by atoms with E-state index < -0.39 is 21.4 Å². The summed E-state index contributed by atoms with van der Waals surface area (Å²) in [6, 6.07) is 2.58. The van der Waals surface area contributed by atoms with Gasteiger partial charge in [0.2, 0.25) is 10.0 Å². The Labute approximate surface area is 130 Å². The van der Waals surface area contributed by atoms with E-state index in [2.05, 4.69) is 10.0 Å². The van der Waals surface area contributed by atoms with Crippen LogP contribution in [0.4, 0.5) is 4.39 Å². The first-order valence-electron chi connectivity index (χ1n) is 6.88. The van der Waals surface area contributed by atoms with Crippen molar-refractivity contribution in [2.45, 2.75) is 56.6 Å². The molecule has 0 bridgehead atoms. The Balaban J connectivity index is 2.31. The van der Waals surface area contributed by atoms with Crippen molar-refractivity contribution < 1.29 is 12.8 Å². The van der Waals surface area contributed by atoms with Crippen LogP contribution in [0.5, 0.6) is 0 Å². The van der Waals surface area contributed by atoms with Crippen LogP contribution in [-0.4, -0.2) is 20.0 Å². The number of nitrogens with one attached hydrogen (secondary N) is 2. The van der Waals surface area contributed by atoms with Gasteiger partial charge in [-0.1, -0.05) is 25.4 Å². The van der Waals surface area contributed by atoms with Gasteiger partial charge in [-0.05, 0) is 37.5 Å². The van der Waals surface area contributed by atoms with Crippen molar-refractivity contribution in [3.8, 4) is 0 Å². The molecule has 1 fully saturated rings. The van der Waals surface area contributed by atoms with Gasteiger partial charge in [-0.3, -0.25) is 0 Å². The molecular weight excluding hydrogens is 315 g/mol. The summed E-state index contributed by atoms with van der Waals surface area (Å²) in [7, 11) is -3.73. The topological polar surface area (TPSA) is 58.2 Å². The molecule has 1 aromatic carbocycles. The van der Waals surface area contributed by atoms with Crippen LogP contribution in [0.2, 0.25) is 5.02 Å². The Hall–Kier alpha value is -0.690. The molecule has 21 heavy (non-hydrogen) atoms. The fraction of sp³-hybridized carbons (Fsp3) is 0.571. The highest BCUT2D eigenvalue weighted by atomic mass is 35.5. The van der Waals surface area contributed by atoms with Gasteiger partial charge >= 0.3 is 0 Å². The number of sulfonamides is 1. The average molecular weight is 335 g/mol. The summed E-state index contributed by atoms with van der Waals surface area (Å²) in [5.41, 5.74) is 0.0392. The SMILES string of the molecule is CC(C)NCc1cc(S(=O)(=O)NC2(C)CC2)cc(F)c1Cl. The van der Waals surface area contributed by atoms with Crippen molar-refractivity contribution in [2.75, 3.05) is 0 Å². The molecule has 0 saturated heterocycles. The minimum atomic E-state index is -3.73. The van der Waals surface area contributed by atoms with Gasteiger partial charge in [-0.15, -0.1) is 0 Å². The van der Waals surface area contributed by atoms with Crippen LogP contribution in [0, 0.1) is 5.82 Å². The number of hydrogen-bond donors (Lipinski definition) is 2. The standard InChI is InChI=1S/C14H20ClFN2O2S/c1-9(2)17-8-10-6-11(7-12(16)13(10)15)21(19,20)18-14(3)4-5-14/h6-7,9,17-18H,4-5,8H2,1-3H3. The van der Waals surface area contributed by atoms with E-state index in [1.54, 1.807) is 0 Å². The maximum Gasteiger partial charge on any atom is 0.241 e. The molecule has 7 heteroatoms. The van der Waals surface area contributed by atoms with E-state index in [1.165, 1.54) is 6.07 Å². The minimum absolute atomic E-state index is 0.0419. The summed E-state index contributed by atoms with van der Waals surface area (Å²) in [5, 5.41) is 3.06. The molecule has 0 aliphatic heterocycles. The summed E-state index contributed by atoms with van der Waals surface area (Å²) in [6.45, 7) is 6.03. The van der Waals surface area contributed by atoms with Crippen molar-refractivity contribution in [1.29, 1.82) is 0 Å². The third kappa shape index (κ3) is 4.16. The Bertz CT molecular complexity index is 643. The second-order valence-electron chi connectivity index (χ2n) is 6.08. The van der Waals surface area contributed by atoms with Gasteiger partial charge in [-0.25, -0.2) is 17.5 Å². The second-order valence-corrected chi connectivity index (χ2v) is 8.14. The molecule has 0 atom stereocenters. The summed E-state index contributed by atoms with van der Waals surface area (Å²) >= 11 is 5.91. The normalized spacial score (nSPS) is 17.2. The fourth-order valence-electron chi connectivity index (χ4n) is 1.89. The number of halogens is 2. The van der Waals surface area contributed by atoms with Crippen molar-refractivity contribution in [1.82, 2.24) is 10.0 Å². The van der Waals surface area contributed by atoms with Gasteiger partial charge in [0.05, 0.1) is 9.92 Å². The molecule has 1 aliphatic carbocycles. The van der Waals surface area contributed by atoms with Crippen molar-refractivity contribution in [2.24, 2.45) is 0 Å². The third-order valence-corrected chi connectivity index (χ3v) is 5.51. The van der Waals surface area contributed by atoms with Gasteiger partial charge in [-0.2, -0.15) is 0 Å². The molecule has 1 aromatic rings. The van der Waals surface area contributed by atoms with E-state index in [4.69, 9.17) is 11.6 Å². The van der Waals surface area contributed by atoms with Crippen LogP contribution in [0.3, 0.4) is 0 Å². The van der Waals surface area contributed by atoms with Gasteiger partial charge in [0, 0.05) is 18.1 Å². The Kier molecular flexibility index (Phi) is 4.63. The highest BCUT2D eigenvalue weighted by molar-refractivity contribution is 7.89. The summed E-state index contributed by atoms with van der Waals surface area (Å²) in [4.78, 5) is -0.0851. The largest absolute Gasteiger partial charge is 0.310 e. The van der Waals surface area contributed by atoms with Crippen molar-refractivity contribution in [3.63, 3.8) is 0 Å². The number of rotatable bonds is 6. The number of benzene rings is 1. The minimum Gasteiger partial charge on any atom is -0.310 e. The molecule has 2 rings (SSSR count). The molecule has 0 amide bonds. The van der Waals surface area contributed by atoms with Crippen molar-refractivity contribution in [3.05, 3.63) is 28.5 Å². The monoisotopic (exact) mass is 334 g/mol. The second kappa shape index (κ2) is 5.83. The number of hydrogen-bond acceptors (Lipinski definition) is 3. The highest BCUT2D eigenvalue weighted by Gasteiger charge is 2.41. The summed E-state index contributed by atoms with van der Waals surface area (Å²) in [6.07, 6.45) is 1.59. The van der Waals surface area contributed by atoms with Crippen LogP contribution in [0.15, 0.2) is 17.0 Å². The zero-order valence-electron chi connectivity index (χ0n) is 12.3. The van der Waals surface area contributed by atoms with Gasteiger partial charge in [0.25, 0.3) is 0 Å². The Morgan fingerprint density at radius 3 is 2.52 bits per heavy atom. The lowest BCUT2D eigenvalue weighted by Gasteiger charge is -2.15. The quantitative estimate of drug-likeness (QED) is 0.841. The van der Waals surface area contributed by atoms with Crippen LogP contribution in [-0.2, 0) is 16.6 Å². The molecule has 2 N–H and O–H groups in total. The Morgan fingerprint density at radius 2 is 2.00 bits per heavy atom. The molecule has 1 saturated carbocycles. The Morgan fingerprint density at radius 1 is 1.38 bits per heavy atom. The first-order chi connectivity index (χ1) is 9.63. The predicted octanol–water partition coefficient (Wildman–Crippen LogP) is 2.81. The maximum absolute atomic E-state index is 13.9. The maximum atomic E-state index is 13.9. The van der Waals surface area contributed by atoms with E-state index >= 15 is 0 Å². The smallest absolute Gasteiger partial charge is 0.241 e. The zero-order chi connectivity index (χ0) is 15.8. The predicted molar refractivity (Wildman–Crippen MR) is 81.3 cm³/mol. The molecular formula is C14H20ClFN2O2S. The summed E-state index contributed by atoms with van der Waals surface area (Å²) < 4.78 is 41.1. The van der Waals surface area contributed by atoms with E-state index in [-0.39, 0.29) is 16.0 Å². The summed E-state index contributed by atoms with van der Waals surface area (Å²) in [5.74, 6) is -0.721. The van der Waals surface area contributed by atoms with E-state index in [1.807, 2.05) is 20.8 Å². The third-order valence-electron chi connectivity index (χ3n) is 3.47.